The smallest absolute Gasteiger partial charge is 0.0301 e. The fourth-order valence-electron chi connectivity index (χ4n) is 3.54. The fourth-order valence-corrected chi connectivity index (χ4v) is 3.54. The van der Waals surface area contributed by atoms with Crippen LogP contribution in [-0.2, 0) is 12.8 Å². The van der Waals surface area contributed by atoms with Crippen LogP contribution in [0, 0.1) is 0 Å². The Morgan fingerprint density at radius 3 is 2.60 bits per heavy atom. The van der Waals surface area contributed by atoms with E-state index in [2.05, 4.69) is 37.3 Å². The van der Waals surface area contributed by atoms with Crippen molar-refractivity contribution in [1.82, 2.24) is 0 Å². The zero-order valence-corrected chi connectivity index (χ0v) is 12.5. The first kappa shape index (κ1) is 13.6. The van der Waals surface area contributed by atoms with Crippen LogP contribution in [0.1, 0.15) is 61.8 Å². The van der Waals surface area contributed by atoms with Gasteiger partial charge in [-0.15, -0.1) is 0 Å². The lowest BCUT2D eigenvalue weighted by Crippen LogP contribution is -2.10. The third-order valence-electron chi connectivity index (χ3n) is 4.68. The number of hydrogen-bond acceptors (Lipinski definition) is 1. The molecule has 1 aliphatic carbocycles. The third-order valence-corrected chi connectivity index (χ3v) is 4.68. The minimum atomic E-state index is 0.191. The van der Waals surface area contributed by atoms with Crippen LogP contribution in [-0.4, -0.2) is 0 Å². The Hall–Kier alpha value is -1.34. The van der Waals surface area contributed by atoms with E-state index in [0.717, 1.165) is 6.42 Å². The van der Waals surface area contributed by atoms with Gasteiger partial charge in [0.2, 0.25) is 0 Å². The summed E-state index contributed by atoms with van der Waals surface area (Å²) in [7, 11) is 0. The van der Waals surface area contributed by atoms with Gasteiger partial charge in [-0.05, 0) is 46.7 Å². The molecule has 2 aromatic rings. The van der Waals surface area contributed by atoms with Gasteiger partial charge in [-0.2, -0.15) is 0 Å². The van der Waals surface area contributed by atoms with Gasteiger partial charge >= 0.3 is 0 Å². The van der Waals surface area contributed by atoms with E-state index in [1.165, 1.54) is 66.0 Å². The van der Waals surface area contributed by atoms with Crippen molar-refractivity contribution < 1.29 is 0 Å². The number of benzene rings is 2. The predicted octanol–water partition coefficient (Wildman–Crippen LogP) is 4.91. The van der Waals surface area contributed by atoms with Crippen molar-refractivity contribution in [2.45, 2.75) is 57.9 Å². The Morgan fingerprint density at radius 2 is 1.80 bits per heavy atom. The number of aryl methyl sites for hydroxylation is 2. The van der Waals surface area contributed by atoms with Crippen LogP contribution in [0.3, 0.4) is 0 Å². The number of rotatable bonds is 6. The molecule has 1 nitrogen and oxygen atoms in total. The summed E-state index contributed by atoms with van der Waals surface area (Å²) < 4.78 is 0. The van der Waals surface area contributed by atoms with E-state index >= 15 is 0 Å². The zero-order chi connectivity index (χ0) is 13.9. The lowest BCUT2D eigenvalue weighted by Gasteiger charge is -2.16. The van der Waals surface area contributed by atoms with Crippen molar-refractivity contribution in [2.75, 3.05) is 0 Å². The highest BCUT2D eigenvalue weighted by atomic mass is 14.6. The highest BCUT2D eigenvalue weighted by Crippen LogP contribution is 2.35. The predicted molar refractivity (Wildman–Crippen MR) is 87.0 cm³/mol. The molecule has 0 spiro atoms. The van der Waals surface area contributed by atoms with Crippen molar-refractivity contribution >= 4 is 10.8 Å². The first-order valence-electron chi connectivity index (χ1n) is 8.10. The van der Waals surface area contributed by atoms with Gasteiger partial charge < -0.3 is 5.73 Å². The zero-order valence-electron chi connectivity index (χ0n) is 12.5. The molecule has 0 radical (unpaired) electrons. The molecular weight excluding hydrogens is 242 g/mol. The first-order chi connectivity index (χ1) is 9.81. The SMILES string of the molecule is CCCCCCC(N)c1ccc2c3c(cccc13)CC2. The van der Waals surface area contributed by atoms with Crippen LogP contribution < -0.4 is 5.73 Å². The van der Waals surface area contributed by atoms with E-state index in [9.17, 15) is 0 Å². The molecule has 20 heavy (non-hydrogen) atoms. The second kappa shape index (κ2) is 5.97. The van der Waals surface area contributed by atoms with Gasteiger partial charge in [0, 0.05) is 6.04 Å². The molecule has 106 valence electrons. The normalized spacial score (nSPS) is 14.9. The minimum absolute atomic E-state index is 0.191. The van der Waals surface area contributed by atoms with Gasteiger partial charge in [-0.1, -0.05) is 62.9 Å². The summed E-state index contributed by atoms with van der Waals surface area (Å²) in [4.78, 5) is 0. The monoisotopic (exact) mass is 267 g/mol. The van der Waals surface area contributed by atoms with Crippen LogP contribution in [0.4, 0.5) is 0 Å². The van der Waals surface area contributed by atoms with Crippen LogP contribution >= 0.6 is 0 Å². The van der Waals surface area contributed by atoms with Gasteiger partial charge in [0.15, 0.2) is 0 Å². The number of unbranched alkanes of at least 4 members (excludes halogenated alkanes) is 3. The average Bonchev–Trinajstić information content (AvgIpc) is 2.89. The van der Waals surface area contributed by atoms with Gasteiger partial charge in [-0.25, -0.2) is 0 Å². The lowest BCUT2D eigenvalue weighted by molar-refractivity contribution is 0.568. The Morgan fingerprint density at radius 1 is 1.00 bits per heavy atom. The molecule has 0 amide bonds. The molecule has 1 unspecified atom stereocenters. The van der Waals surface area contributed by atoms with Crippen LogP contribution in [0.2, 0.25) is 0 Å². The Bertz CT molecular complexity index is 590. The van der Waals surface area contributed by atoms with Gasteiger partial charge in [0.1, 0.15) is 0 Å². The molecule has 0 saturated carbocycles. The molecular formula is C19H25N. The molecule has 2 N–H and O–H groups in total. The number of nitrogens with two attached hydrogens (primary N) is 1. The summed E-state index contributed by atoms with van der Waals surface area (Å²) in [5.41, 5.74) is 10.8. The van der Waals surface area contributed by atoms with Crippen LogP contribution in [0.15, 0.2) is 30.3 Å². The molecule has 0 aromatic heterocycles. The van der Waals surface area contributed by atoms with E-state index < -0.39 is 0 Å². The van der Waals surface area contributed by atoms with Crippen molar-refractivity contribution in [1.29, 1.82) is 0 Å². The Labute approximate surface area is 122 Å². The summed E-state index contributed by atoms with van der Waals surface area (Å²) >= 11 is 0. The second-order valence-electron chi connectivity index (χ2n) is 6.11. The minimum Gasteiger partial charge on any atom is -0.324 e. The Balaban J connectivity index is 1.85. The topological polar surface area (TPSA) is 26.0 Å². The molecule has 0 heterocycles. The molecule has 0 bridgehead atoms. The molecule has 0 saturated heterocycles. The van der Waals surface area contributed by atoms with Gasteiger partial charge in [0.25, 0.3) is 0 Å². The van der Waals surface area contributed by atoms with E-state index in [0.29, 0.717) is 0 Å². The van der Waals surface area contributed by atoms with E-state index in [1.54, 1.807) is 0 Å². The molecule has 0 fully saturated rings. The maximum absolute atomic E-state index is 6.46. The van der Waals surface area contributed by atoms with Crippen molar-refractivity contribution in [2.24, 2.45) is 5.73 Å². The molecule has 3 rings (SSSR count). The van der Waals surface area contributed by atoms with Crippen molar-refractivity contribution in [3.63, 3.8) is 0 Å². The molecule has 0 aliphatic heterocycles. The summed E-state index contributed by atoms with van der Waals surface area (Å²) in [6, 6.07) is 11.5. The lowest BCUT2D eigenvalue weighted by atomic mass is 9.93. The fraction of sp³-hybridized carbons (Fsp3) is 0.474. The first-order valence-corrected chi connectivity index (χ1v) is 8.10. The summed E-state index contributed by atoms with van der Waals surface area (Å²) in [5, 5.41) is 2.90. The second-order valence-corrected chi connectivity index (χ2v) is 6.11. The maximum Gasteiger partial charge on any atom is 0.0301 e. The van der Waals surface area contributed by atoms with E-state index in [1.807, 2.05) is 0 Å². The molecule has 2 aromatic carbocycles. The van der Waals surface area contributed by atoms with Gasteiger partial charge in [0.05, 0.1) is 0 Å². The van der Waals surface area contributed by atoms with E-state index in [4.69, 9.17) is 5.73 Å². The molecule has 1 heteroatoms. The summed E-state index contributed by atoms with van der Waals surface area (Å²) in [6.45, 7) is 2.25. The Kier molecular flexibility index (Phi) is 4.07. The van der Waals surface area contributed by atoms with Crippen molar-refractivity contribution in [3.8, 4) is 0 Å². The summed E-state index contributed by atoms with van der Waals surface area (Å²) in [6.07, 6.45) is 8.68. The van der Waals surface area contributed by atoms with Gasteiger partial charge in [-0.3, -0.25) is 0 Å². The maximum atomic E-state index is 6.46. The van der Waals surface area contributed by atoms with Crippen molar-refractivity contribution in [3.05, 3.63) is 47.0 Å². The third kappa shape index (κ3) is 2.47. The quantitative estimate of drug-likeness (QED) is 0.739. The highest BCUT2D eigenvalue weighted by Gasteiger charge is 2.17. The van der Waals surface area contributed by atoms with Crippen LogP contribution in [0.25, 0.3) is 10.8 Å². The summed E-state index contributed by atoms with van der Waals surface area (Å²) in [5.74, 6) is 0. The number of hydrogen-bond donors (Lipinski definition) is 1. The largest absolute Gasteiger partial charge is 0.324 e. The molecule has 1 atom stereocenters. The van der Waals surface area contributed by atoms with Crippen LogP contribution in [0.5, 0.6) is 0 Å². The highest BCUT2D eigenvalue weighted by molar-refractivity contribution is 5.93. The molecule has 1 aliphatic rings. The standard InChI is InChI=1S/C19H25N/c1-2-3-4-5-9-18(20)16-13-12-15-11-10-14-7-6-8-17(16)19(14)15/h6-8,12-13,18H,2-5,9-11,20H2,1H3. The van der Waals surface area contributed by atoms with E-state index in [-0.39, 0.29) is 6.04 Å². The average molecular weight is 267 g/mol.